The molecule has 2 aliphatic heterocycles. The van der Waals surface area contributed by atoms with E-state index in [4.69, 9.17) is 10.2 Å². The summed E-state index contributed by atoms with van der Waals surface area (Å²) in [5.74, 6) is 0. The first kappa shape index (κ1) is 22.9. The summed E-state index contributed by atoms with van der Waals surface area (Å²) in [6.45, 7) is 12.3. The molecule has 0 aromatic rings. The smallest absolute Gasteiger partial charge is 0.0787 e. The molecule has 2 saturated heterocycles. The van der Waals surface area contributed by atoms with E-state index >= 15 is 0 Å². The van der Waals surface area contributed by atoms with Gasteiger partial charge in [0.2, 0.25) is 0 Å². The summed E-state index contributed by atoms with van der Waals surface area (Å²) in [6.07, 6.45) is 12.8. The second-order valence-electron chi connectivity index (χ2n) is 8.60. The van der Waals surface area contributed by atoms with Crippen LogP contribution in [0.15, 0.2) is 0 Å². The van der Waals surface area contributed by atoms with Crippen LogP contribution in [0.1, 0.15) is 71.1 Å². The first-order chi connectivity index (χ1) is 12.1. The van der Waals surface area contributed by atoms with Crippen molar-refractivity contribution in [2.45, 2.75) is 71.1 Å². The maximum absolute atomic E-state index is 8.75. The molecule has 150 valence electrons. The summed E-state index contributed by atoms with van der Waals surface area (Å²) in [7, 11) is 2.36. The first-order valence-corrected chi connectivity index (χ1v) is 11.0. The van der Waals surface area contributed by atoms with Gasteiger partial charge in [-0.1, -0.05) is 0 Å². The number of quaternary nitrogens is 2. The van der Waals surface area contributed by atoms with Crippen molar-refractivity contribution < 1.29 is 19.2 Å². The van der Waals surface area contributed by atoms with Crippen molar-refractivity contribution in [3.05, 3.63) is 0 Å². The van der Waals surface area contributed by atoms with Gasteiger partial charge in [-0.25, -0.2) is 0 Å². The van der Waals surface area contributed by atoms with Crippen LogP contribution in [0.2, 0.25) is 0 Å². The Morgan fingerprint density at radius 1 is 0.640 bits per heavy atom. The predicted octanol–water partition coefficient (Wildman–Crippen LogP) is 3.17. The highest BCUT2D eigenvalue weighted by atomic mass is 16.3. The third kappa shape index (κ3) is 9.37. The van der Waals surface area contributed by atoms with Gasteiger partial charge < -0.3 is 19.2 Å². The van der Waals surface area contributed by atoms with Crippen LogP contribution in [-0.2, 0) is 0 Å². The van der Waals surface area contributed by atoms with Gasteiger partial charge in [0.1, 0.15) is 0 Å². The zero-order chi connectivity index (χ0) is 18.4. The van der Waals surface area contributed by atoms with Gasteiger partial charge in [0.25, 0.3) is 0 Å². The number of hydrogen-bond donors (Lipinski definition) is 2. The third-order valence-electron chi connectivity index (χ3n) is 6.48. The Bertz CT molecular complexity index is 311. The van der Waals surface area contributed by atoms with Crippen molar-refractivity contribution in [2.75, 3.05) is 66.1 Å². The maximum atomic E-state index is 8.75. The molecule has 0 aliphatic carbocycles. The number of hydrogen-bond acceptors (Lipinski definition) is 2. The first-order valence-electron chi connectivity index (χ1n) is 11.0. The Kier molecular flexibility index (Phi) is 12.0. The molecule has 2 fully saturated rings. The molecule has 4 heteroatoms. The monoisotopic (exact) mass is 358 g/mol. The summed E-state index contributed by atoms with van der Waals surface area (Å²) in [4.78, 5) is 0. The van der Waals surface area contributed by atoms with Crippen LogP contribution in [-0.4, -0.2) is 85.3 Å². The Morgan fingerprint density at radius 3 is 1.60 bits per heavy atom. The fourth-order valence-corrected chi connectivity index (χ4v) is 4.54. The number of unbranched alkanes of at least 4 members (excludes halogenated alkanes) is 2. The average Bonchev–Trinajstić information content (AvgIpc) is 2.64. The molecule has 0 saturated carbocycles. The SMILES string of the molecule is CC[N+]1(CCCCO)CCCCC1.C[N+]1(CCCCO)CCCCC1. The Labute approximate surface area is 157 Å². The second kappa shape index (κ2) is 13.1. The molecular weight excluding hydrogens is 312 g/mol. The molecule has 0 radical (unpaired) electrons. The molecule has 2 N–H and O–H groups in total. The summed E-state index contributed by atoms with van der Waals surface area (Å²) in [5.41, 5.74) is 0. The summed E-state index contributed by atoms with van der Waals surface area (Å²) in [5, 5.41) is 17.4. The fraction of sp³-hybridized carbons (Fsp3) is 1.00. The van der Waals surface area contributed by atoms with E-state index in [2.05, 4.69) is 14.0 Å². The second-order valence-corrected chi connectivity index (χ2v) is 8.60. The van der Waals surface area contributed by atoms with Gasteiger partial charge in [-0.05, 0) is 71.1 Å². The van der Waals surface area contributed by atoms with E-state index in [9.17, 15) is 0 Å². The van der Waals surface area contributed by atoms with Crippen LogP contribution in [0.25, 0.3) is 0 Å². The Hall–Kier alpha value is -0.160. The minimum absolute atomic E-state index is 0.361. The minimum Gasteiger partial charge on any atom is -0.396 e. The van der Waals surface area contributed by atoms with Crippen LogP contribution in [0, 0.1) is 0 Å². The Morgan fingerprint density at radius 2 is 1.12 bits per heavy atom. The Balaban J connectivity index is 0.000000251. The van der Waals surface area contributed by atoms with Crippen LogP contribution >= 0.6 is 0 Å². The van der Waals surface area contributed by atoms with Gasteiger partial charge in [-0.2, -0.15) is 0 Å². The number of rotatable bonds is 9. The highest BCUT2D eigenvalue weighted by Gasteiger charge is 2.27. The lowest BCUT2D eigenvalue weighted by Crippen LogP contribution is -2.51. The zero-order valence-corrected chi connectivity index (χ0v) is 17.2. The molecule has 0 bridgehead atoms. The lowest BCUT2D eigenvalue weighted by molar-refractivity contribution is -0.931. The van der Waals surface area contributed by atoms with Crippen molar-refractivity contribution in [3.63, 3.8) is 0 Å². The minimum atomic E-state index is 0.361. The van der Waals surface area contributed by atoms with E-state index < -0.39 is 0 Å². The molecule has 2 aliphatic rings. The van der Waals surface area contributed by atoms with Crippen molar-refractivity contribution in [1.82, 2.24) is 0 Å². The number of piperidine rings is 2. The van der Waals surface area contributed by atoms with Crippen molar-refractivity contribution in [3.8, 4) is 0 Å². The maximum Gasteiger partial charge on any atom is 0.0787 e. The van der Waals surface area contributed by atoms with Crippen LogP contribution in [0.5, 0.6) is 0 Å². The van der Waals surface area contributed by atoms with E-state index in [1.165, 1.54) is 106 Å². The molecule has 0 amide bonds. The van der Waals surface area contributed by atoms with Gasteiger partial charge in [-0.15, -0.1) is 0 Å². The number of likely N-dealkylation sites (tertiary alicyclic amines) is 2. The topological polar surface area (TPSA) is 40.5 Å². The normalized spacial score (nSPS) is 22.1. The van der Waals surface area contributed by atoms with Gasteiger partial charge in [0.05, 0.1) is 52.9 Å². The molecule has 2 heterocycles. The van der Waals surface area contributed by atoms with Gasteiger partial charge >= 0.3 is 0 Å². The standard InChI is InChI=1S/C11H24NO.C10H22NO/c1-2-12(10-6-7-11-13)8-4-3-5-9-12;1-11(9-5-6-10-12)7-3-2-4-8-11/h13H,2-11H2,1H3;12H,2-10H2,1H3/q2*+1. The van der Waals surface area contributed by atoms with Gasteiger partial charge in [0, 0.05) is 13.2 Å². The molecule has 25 heavy (non-hydrogen) atoms. The van der Waals surface area contributed by atoms with Gasteiger partial charge in [0.15, 0.2) is 0 Å². The molecule has 0 aromatic carbocycles. The van der Waals surface area contributed by atoms with E-state index in [0.717, 1.165) is 12.8 Å². The van der Waals surface area contributed by atoms with Crippen molar-refractivity contribution in [1.29, 1.82) is 0 Å². The number of aliphatic hydroxyl groups is 2. The molecule has 0 atom stereocenters. The van der Waals surface area contributed by atoms with Crippen LogP contribution < -0.4 is 0 Å². The number of aliphatic hydroxyl groups excluding tert-OH is 2. The molecular formula is C21H46N2O2+2. The van der Waals surface area contributed by atoms with Gasteiger partial charge in [-0.3, -0.25) is 0 Å². The van der Waals surface area contributed by atoms with Crippen molar-refractivity contribution >= 4 is 0 Å². The molecule has 0 aromatic heterocycles. The summed E-state index contributed by atoms with van der Waals surface area (Å²) < 4.78 is 2.57. The summed E-state index contributed by atoms with van der Waals surface area (Å²) in [6, 6.07) is 0. The number of nitrogens with zero attached hydrogens (tertiary/aromatic N) is 2. The zero-order valence-electron chi connectivity index (χ0n) is 17.2. The van der Waals surface area contributed by atoms with E-state index in [0.29, 0.717) is 13.2 Å². The van der Waals surface area contributed by atoms with E-state index in [-0.39, 0.29) is 0 Å². The fourth-order valence-electron chi connectivity index (χ4n) is 4.54. The molecule has 0 spiro atoms. The van der Waals surface area contributed by atoms with Crippen LogP contribution in [0.3, 0.4) is 0 Å². The van der Waals surface area contributed by atoms with Crippen LogP contribution in [0.4, 0.5) is 0 Å². The molecule has 4 nitrogen and oxygen atoms in total. The summed E-state index contributed by atoms with van der Waals surface area (Å²) >= 11 is 0. The van der Waals surface area contributed by atoms with E-state index in [1.54, 1.807) is 0 Å². The predicted molar refractivity (Wildman–Crippen MR) is 107 cm³/mol. The van der Waals surface area contributed by atoms with E-state index in [1.807, 2.05) is 0 Å². The lowest BCUT2D eigenvalue weighted by atomic mass is 10.1. The lowest BCUT2D eigenvalue weighted by Gasteiger charge is -2.41. The quantitative estimate of drug-likeness (QED) is 0.491. The largest absolute Gasteiger partial charge is 0.396 e. The third-order valence-corrected chi connectivity index (χ3v) is 6.48. The van der Waals surface area contributed by atoms with Crippen molar-refractivity contribution in [2.24, 2.45) is 0 Å². The highest BCUT2D eigenvalue weighted by Crippen LogP contribution is 2.19. The average molecular weight is 359 g/mol. The highest BCUT2D eigenvalue weighted by molar-refractivity contribution is 4.54. The molecule has 0 unspecified atom stereocenters. The molecule has 2 rings (SSSR count).